The first-order valence-corrected chi connectivity index (χ1v) is 17.2. The van der Waals surface area contributed by atoms with Crippen molar-refractivity contribution in [1.82, 2.24) is 4.90 Å². The van der Waals surface area contributed by atoms with E-state index in [1.54, 1.807) is 60.7 Å². The first-order valence-electron chi connectivity index (χ1n) is 16.0. The van der Waals surface area contributed by atoms with Gasteiger partial charge in [0.1, 0.15) is 0 Å². The van der Waals surface area contributed by atoms with Crippen LogP contribution in [-0.2, 0) is 29.4 Å². The molecule has 2 saturated heterocycles. The number of nitrogens with zero attached hydrogens (tertiary/aromatic N) is 2. The molecule has 6 atom stereocenters. The molecule has 3 aromatic rings. The monoisotopic (exact) mass is 746 g/mol. The van der Waals surface area contributed by atoms with Gasteiger partial charge in [-0.15, -0.1) is 0 Å². The Bertz CT molecular complexity index is 1950. The molecular formula is C37H32BrClN2O8. The zero-order chi connectivity index (χ0) is 34.8. The van der Waals surface area contributed by atoms with Crippen LogP contribution >= 0.6 is 27.5 Å². The molecule has 2 aliphatic carbocycles. The van der Waals surface area contributed by atoms with E-state index < -0.39 is 58.7 Å². The summed E-state index contributed by atoms with van der Waals surface area (Å²) in [4.78, 5) is 71.4. The summed E-state index contributed by atoms with van der Waals surface area (Å²) in [6, 6.07) is 18.8. The highest BCUT2D eigenvalue weighted by Gasteiger charge is 2.70. The summed E-state index contributed by atoms with van der Waals surface area (Å²) in [5.74, 6) is -6.93. The highest BCUT2D eigenvalue weighted by Crippen LogP contribution is 2.65. The van der Waals surface area contributed by atoms with Gasteiger partial charge >= 0.3 is 5.97 Å². The number of phenols is 1. The number of halogens is 2. The maximum Gasteiger partial charge on any atom is 0.303 e. The van der Waals surface area contributed by atoms with Crippen molar-refractivity contribution in [2.45, 2.75) is 37.0 Å². The van der Waals surface area contributed by atoms with E-state index in [-0.39, 0.29) is 49.6 Å². The van der Waals surface area contributed by atoms with Crippen LogP contribution in [0.3, 0.4) is 0 Å². The quantitative estimate of drug-likeness (QED) is 0.216. The minimum atomic E-state index is -1.56. The van der Waals surface area contributed by atoms with Gasteiger partial charge in [-0.2, -0.15) is 0 Å². The van der Waals surface area contributed by atoms with Crippen molar-refractivity contribution in [3.8, 4) is 11.5 Å². The minimum Gasteiger partial charge on any atom is -0.504 e. The van der Waals surface area contributed by atoms with Gasteiger partial charge in [-0.25, -0.2) is 4.90 Å². The van der Waals surface area contributed by atoms with E-state index in [4.69, 9.17) is 21.4 Å². The first kappa shape index (κ1) is 33.0. The molecule has 49 heavy (non-hydrogen) atoms. The largest absolute Gasteiger partial charge is 0.504 e. The number of ether oxygens (including phenoxy) is 1. The number of amides is 4. The molecular weight excluding hydrogens is 716 g/mol. The second-order valence-corrected chi connectivity index (χ2v) is 14.3. The topological polar surface area (TPSA) is 142 Å². The lowest BCUT2D eigenvalue weighted by Gasteiger charge is -2.50. The normalized spacial score (nSPS) is 27.5. The number of rotatable bonds is 8. The van der Waals surface area contributed by atoms with Gasteiger partial charge in [0.2, 0.25) is 23.6 Å². The lowest BCUT2D eigenvalue weighted by atomic mass is 9.49. The molecule has 4 aliphatic rings. The van der Waals surface area contributed by atoms with Gasteiger partial charge in [0.05, 0.1) is 36.0 Å². The molecule has 7 rings (SSSR count). The van der Waals surface area contributed by atoms with Crippen molar-refractivity contribution in [3.05, 3.63) is 99.0 Å². The first-order chi connectivity index (χ1) is 23.5. The molecule has 6 unspecified atom stereocenters. The number of hydrogen-bond donors (Lipinski definition) is 2. The second kappa shape index (κ2) is 12.4. The van der Waals surface area contributed by atoms with Crippen molar-refractivity contribution < 1.29 is 38.9 Å². The molecule has 3 fully saturated rings. The number of likely N-dealkylation sites (tertiary alicyclic amines) is 1. The molecule has 2 N–H and O–H groups in total. The molecule has 1 saturated carbocycles. The van der Waals surface area contributed by atoms with Gasteiger partial charge in [-0.1, -0.05) is 75.6 Å². The predicted octanol–water partition coefficient (Wildman–Crippen LogP) is 5.84. The van der Waals surface area contributed by atoms with Crippen molar-refractivity contribution >= 4 is 62.8 Å². The Hall–Kier alpha value is -4.48. The summed E-state index contributed by atoms with van der Waals surface area (Å²) in [5.41, 5.74) is 0.315. The fourth-order valence-electron chi connectivity index (χ4n) is 8.73. The van der Waals surface area contributed by atoms with Gasteiger partial charge < -0.3 is 14.9 Å². The van der Waals surface area contributed by atoms with E-state index in [0.717, 1.165) is 9.80 Å². The number of fused-ring (bicyclic) bond motifs is 4. The number of phenolic OH excluding ortho intramolecular Hbond substituents is 1. The number of carboxylic acids is 1. The maximum atomic E-state index is 15.3. The van der Waals surface area contributed by atoms with Crippen LogP contribution in [-0.4, -0.2) is 58.4 Å². The third-order valence-corrected chi connectivity index (χ3v) is 11.3. The third-order valence-electron chi connectivity index (χ3n) is 10.6. The zero-order valence-corrected chi connectivity index (χ0v) is 28.7. The molecule has 10 nitrogen and oxygen atoms in total. The number of aliphatic carboxylic acids is 1. The Morgan fingerprint density at radius 3 is 2.45 bits per heavy atom. The number of carboxylic acid groups (broad SMARTS) is 1. The van der Waals surface area contributed by atoms with Crippen molar-refractivity contribution in [3.63, 3.8) is 0 Å². The molecule has 252 valence electrons. The number of allylic oxidation sites excluding steroid dienone is 2. The highest BCUT2D eigenvalue weighted by atomic mass is 79.9. The molecule has 0 aromatic heterocycles. The summed E-state index contributed by atoms with van der Waals surface area (Å²) in [6.07, 6.45) is 2.12. The van der Waals surface area contributed by atoms with Crippen LogP contribution in [0.1, 0.15) is 42.7 Å². The van der Waals surface area contributed by atoms with E-state index in [1.165, 1.54) is 7.11 Å². The lowest BCUT2D eigenvalue weighted by Crippen LogP contribution is -2.53. The van der Waals surface area contributed by atoms with Crippen molar-refractivity contribution in [1.29, 1.82) is 0 Å². The number of anilines is 1. The smallest absolute Gasteiger partial charge is 0.303 e. The van der Waals surface area contributed by atoms with Crippen LogP contribution in [0, 0.1) is 23.7 Å². The van der Waals surface area contributed by atoms with E-state index >= 15 is 4.79 Å². The molecule has 0 radical (unpaired) electrons. The summed E-state index contributed by atoms with van der Waals surface area (Å²) >= 11 is 9.90. The van der Waals surface area contributed by atoms with Gasteiger partial charge in [0, 0.05) is 33.9 Å². The van der Waals surface area contributed by atoms with E-state index in [9.17, 15) is 24.3 Å². The fourth-order valence-corrected chi connectivity index (χ4v) is 9.37. The summed E-state index contributed by atoms with van der Waals surface area (Å²) in [6.45, 7) is -0.0244. The highest BCUT2D eigenvalue weighted by molar-refractivity contribution is 9.10. The van der Waals surface area contributed by atoms with Crippen LogP contribution in [0.15, 0.2) is 82.9 Å². The molecule has 3 aromatic carbocycles. The Balaban J connectivity index is 1.46. The number of carbonyl (C=O) groups excluding carboxylic acids is 4. The average Bonchev–Trinajstić information content (AvgIpc) is 3.46. The Labute approximate surface area is 295 Å². The van der Waals surface area contributed by atoms with Crippen LogP contribution in [0.2, 0.25) is 5.02 Å². The van der Waals surface area contributed by atoms with Crippen molar-refractivity contribution in [2.24, 2.45) is 23.7 Å². The van der Waals surface area contributed by atoms with Crippen LogP contribution in [0.4, 0.5) is 5.69 Å². The van der Waals surface area contributed by atoms with Gasteiger partial charge in [-0.05, 0) is 61.1 Å². The van der Waals surface area contributed by atoms with Gasteiger partial charge in [0.25, 0.3) is 0 Å². The minimum absolute atomic E-state index is 0.0244. The number of aromatic hydroxyl groups is 1. The zero-order valence-electron chi connectivity index (χ0n) is 26.3. The number of methoxy groups -OCH3 is 1. The SMILES string of the molecule is COc1cc(Br)cc(C2C3=CCC4C(=O)N(CCCC(=O)O)C(=O)C4C3CC3C(=O)N(c4cccc(Cl)c4)C(=O)C32c2ccccc2)c1O. The van der Waals surface area contributed by atoms with Gasteiger partial charge in [-0.3, -0.25) is 28.9 Å². The molecule has 0 spiro atoms. The Morgan fingerprint density at radius 2 is 1.76 bits per heavy atom. The molecule has 12 heteroatoms. The summed E-state index contributed by atoms with van der Waals surface area (Å²) < 4.78 is 6.10. The number of benzene rings is 3. The maximum absolute atomic E-state index is 15.3. The Kier molecular flexibility index (Phi) is 8.39. The Morgan fingerprint density at radius 1 is 1.00 bits per heavy atom. The van der Waals surface area contributed by atoms with Crippen LogP contribution in [0.25, 0.3) is 0 Å². The number of hydrogen-bond acceptors (Lipinski definition) is 7. The third kappa shape index (κ3) is 5.00. The van der Waals surface area contributed by atoms with E-state index in [1.807, 2.05) is 12.1 Å². The van der Waals surface area contributed by atoms with E-state index in [0.29, 0.717) is 31.9 Å². The molecule has 4 amide bonds. The van der Waals surface area contributed by atoms with Crippen LogP contribution in [0.5, 0.6) is 11.5 Å². The van der Waals surface area contributed by atoms with Crippen molar-refractivity contribution in [2.75, 3.05) is 18.6 Å². The number of imide groups is 2. The van der Waals surface area contributed by atoms with E-state index in [2.05, 4.69) is 15.9 Å². The fraction of sp³-hybridized carbons (Fsp3) is 0.324. The van der Waals surface area contributed by atoms with Gasteiger partial charge in [0.15, 0.2) is 11.5 Å². The number of carbonyl (C=O) groups is 5. The predicted molar refractivity (Wildman–Crippen MR) is 182 cm³/mol. The van der Waals surface area contributed by atoms with Crippen LogP contribution < -0.4 is 9.64 Å². The second-order valence-electron chi connectivity index (χ2n) is 13.0. The summed E-state index contributed by atoms with van der Waals surface area (Å²) in [5, 5.41) is 21.3. The molecule has 2 heterocycles. The molecule has 0 bridgehead atoms. The lowest BCUT2D eigenvalue weighted by molar-refractivity contribution is -0.142. The molecule has 2 aliphatic heterocycles. The standard InChI is InChI=1S/C37H32BrClN2O8/c1-49-28-16-20(38)15-26(32(28)44)31-23-12-13-24-30(35(47)40(33(24)45)14-6-11-29(42)43)25(23)18-27-34(46)41(22-10-5-9-21(39)17-22)36(48)37(27,31)19-7-3-2-4-8-19/h2-5,7-10,12,15-17,24-25,27,30-31,44H,6,11,13-14,18H2,1H3,(H,42,43). The average molecular weight is 748 g/mol. The summed E-state index contributed by atoms with van der Waals surface area (Å²) in [7, 11) is 1.42.